The largest absolute Gasteiger partial charge is 0.393 e. The van der Waals surface area contributed by atoms with Crippen LogP contribution in [0.4, 0.5) is 0 Å². The Morgan fingerprint density at radius 1 is 0.938 bits per heavy atom. The molecule has 0 bridgehead atoms. The zero-order valence-corrected chi connectivity index (χ0v) is 21.5. The van der Waals surface area contributed by atoms with Crippen molar-refractivity contribution in [2.45, 2.75) is 129 Å². The van der Waals surface area contributed by atoms with Crippen molar-refractivity contribution in [1.29, 1.82) is 0 Å². The Morgan fingerprint density at radius 2 is 1.62 bits per heavy atom. The van der Waals surface area contributed by atoms with Gasteiger partial charge in [0.15, 0.2) is 0 Å². The van der Waals surface area contributed by atoms with Crippen LogP contribution in [0.25, 0.3) is 0 Å². The summed E-state index contributed by atoms with van der Waals surface area (Å²) in [6.07, 6.45) is 8.50. The molecule has 4 fully saturated rings. The molecule has 32 heavy (non-hydrogen) atoms. The molecule has 0 saturated heterocycles. The van der Waals surface area contributed by atoms with E-state index in [0.29, 0.717) is 53.8 Å². The highest BCUT2D eigenvalue weighted by Crippen LogP contribution is 2.69. The molecule has 11 atom stereocenters. The van der Waals surface area contributed by atoms with Crippen LogP contribution in [0.2, 0.25) is 0 Å². The lowest BCUT2D eigenvalue weighted by atomic mass is 9.42. The summed E-state index contributed by atoms with van der Waals surface area (Å²) in [6, 6.07) is 0. The smallest absolute Gasteiger partial charge is 0.0985 e. The van der Waals surface area contributed by atoms with Gasteiger partial charge in [-0.1, -0.05) is 34.1 Å². The lowest BCUT2D eigenvalue weighted by Gasteiger charge is -2.65. The number of aliphatic hydroxyl groups is 4. The first-order valence-electron chi connectivity index (χ1n) is 13.5. The fourth-order valence-corrected chi connectivity index (χ4v) is 9.30. The molecule has 0 heterocycles. The van der Waals surface area contributed by atoms with Gasteiger partial charge in [-0.25, -0.2) is 0 Å². The van der Waals surface area contributed by atoms with E-state index >= 15 is 0 Å². The predicted molar refractivity (Wildman–Crippen MR) is 128 cm³/mol. The first-order valence-corrected chi connectivity index (χ1v) is 13.5. The molecule has 4 nitrogen and oxygen atoms in total. The maximum absolute atomic E-state index is 11.6. The third-order valence-electron chi connectivity index (χ3n) is 11.9. The average molecular weight is 451 g/mol. The molecule has 0 radical (unpaired) electrons. The number of fused-ring (bicyclic) bond motifs is 5. The van der Waals surface area contributed by atoms with Gasteiger partial charge in [-0.2, -0.15) is 0 Å². The lowest BCUT2D eigenvalue weighted by Crippen LogP contribution is -2.68. The number of rotatable bonds is 5. The Labute approximate surface area is 196 Å². The summed E-state index contributed by atoms with van der Waals surface area (Å²) < 4.78 is 0. The molecule has 3 unspecified atom stereocenters. The molecule has 0 amide bonds. The summed E-state index contributed by atoms with van der Waals surface area (Å²) in [5.41, 5.74) is -1.73. The molecule has 4 heteroatoms. The van der Waals surface area contributed by atoms with E-state index in [4.69, 9.17) is 0 Å². The van der Waals surface area contributed by atoms with Gasteiger partial charge in [0, 0.05) is 11.8 Å². The van der Waals surface area contributed by atoms with Gasteiger partial charge in [0.1, 0.15) is 0 Å². The minimum absolute atomic E-state index is 0.290. The predicted octanol–water partition coefficient (Wildman–Crippen LogP) is 4.92. The minimum atomic E-state index is -1.14. The van der Waals surface area contributed by atoms with Crippen LogP contribution in [0, 0.1) is 46.3 Å². The topological polar surface area (TPSA) is 80.9 Å². The zero-order chi connectivity index (χ0) is 23.7. The van der Waals surface area contributed by atoms with Crippen LogP contribution in [-0.4, -0.2) is 43.8 Å². The van der Waals surface area contributed by atoms with E-state index in [1.165, 1.54) is 25.7 Å². The lowest BCUT2D eigenvalue weighted by molar-refractivity contribution is -0.264. The van der Waals surface area contributed by atoms with Gasteiger partial charge in [0.2, 0.25) is 0 Å². The first-order chi connectivity index (χ1) is 14.7. The highest BCUT2D eigenvalue weighted by Gasteiger charge is 2.67. The van der Waals surface area contributed by atoms with E-state index in [2.05, 4.69) is 27.7 Å². The second-order valence-corrected chi connectivity index (χ2v) is 13.7. The SMILES string of the molecule is C[C@H](CC[C@H](C)C(C)(C)O)[C@H]1CCC2C3C[C@H](O)[C@]4(O)C[C@@H](O)CC[C@]4(C)C3CC[C@@]21C. The van der Waals surface area contributed by atoms with Gasteiger partial charge >= 0.3 is 0 Å². The first kappa shape index (κ1) is 24.9. The molecule has 4 aliphatic rings. The average Bonchev–Trinajstić information content (AvgIpc) is 3.05. The molecule has 186 valence electrons. The molecular weight excluding hydrogens is 400 g/mol. The van der Waals surface area contributed by atoms with Crippen LogP contribution in [0.1, 0.15) is 106 Å². The van der Waals surface area contributed by atoms with Gasteiger partial charge in [0.25, 0.3) is 0 Å². The van der Waals surface area contributed by atoms with Crippen LogP contribution in [0.3, 0.4) is 0 Å². The Bertz CT molecular complexity index is 687. The third kappa shape index (κ3) is 3.71. The highest BCUT2D eigenvalue weighted by atomic mass is 16.3. The summed E-state index contributed by atoms with van der Waals surface area (Å²) in [5.74, 6) is 3.22. The molecule has 4 rings (SSSR count). The summed E-state index contributed by atoms with van der Waals surface area (Å²) in [7, 11) is 0. The molecule has 0 aromatic carbocycles. The van der Waals surface area contributed by atoms with Crippen LogP contribution in [0.15, 0.2) is 0 Å². The van der Waals surface area contributed by atoms with Crippen LogP contribution in [0.5, 0.6) is 0 Å². The van der Waals surface area contributed by atoms with Crippen molar-refractivity contribution in [1.82, 2.24) is 0 Å². The van der Waals surface area contributed by atoms with Crippen molar-refractivity contribution in [2.24, 2.45) is 46.3 Å². The van der Waals surface area contributed by atoms with Crippen molar-refractivity contribution in [2.75, 3.05) is 0 Å². The van der Waals surface area contributed by atoms with Crippen molar-refractivity contribution in [3.05, 3.63) is 0 Å². The van der Waals surface area contributed by atoms with Crippen molar-refractivity contribution < 1.29 is 20.4 Å². The number of hydrogen-bond acceptors (Lipinski definition) is 4. The van der Waals surface area contributed by atoms with Crippen molar-refractivity contribution >= 4 is 0 Å². The molecular formula is C28H50O4. The van der Waals surface area contributed by atoms with Gasteiger partial charge < -0.3 is 20.4 Å². The normalized spacial score (nSPS) is 50.8. The van der Waals surface area contributed by atoms with E-state index in [1.54, 1.807) is 0 Å². The van der Waals surface area contributed by atoms with Crippen molar-refractivity contribution in [3.63, 3.8) is 0 Å². The van der Waals surface area contributed by atoms with E-state index in [1.807, 2.05) is 13.8 Å². The Balaban J connectivity index is 1.51. The summed E-state index contributed by atoms with van der Waals surface area (Å²) in [5, 5.41) is 43.5. The van der Waals surface area contributed by atoms with Crippen LogP contribution in [-0.2, 0) is 0 Å². The van der Waals surface area contributed by atoms with Crippen LogP contribution >= 0.6 is 0 Å². The van der Waals surface area contributed by atoms with E-state index in [0.717, 1.165) is 25.7 Å². The Morgan fingerprint density at radius 3 is 2.28 bits per heavy atom. The Kier molecular flexibility index (Phi) is 6.40. The quantitative estimate of drug-likeness (QED) is 0.479. The maximum Gasteiger partial charge on any atom is 0.0985 e. The fraction of sp³-hybridized carbons (Fsp3) is 1.00. The van der Waals surface area contributed by atoms with Crippen molar-refractivity contribution in [3.8, 4) is 0 Å². The molecule has 0 aliphatic heterocycles. The third-order valence-corrected chi connectivity index (χ3v) is 11.9. The maximum atomic E-state index is 11.6. The second kappa shape index (κ2) is 8.21. The molecule has 0 aromatic heterocycles. The Hall–Kier alpha value is -0.160. The molecule has 0 spiro atoms. The molecule has 4 N–H and O–H groups in total. The van der Waals surface area contributed by atoms with Gasteiger partial charge in [0.05, 0.1) is 23.4 Å². The van der Waals surface area contributed by atoms with Gasteiger partial charge in [-0.3, -0.25) is 0 Å². The second-order valence-electron chi connectivity index (χ2n) is 13.7. The van der Waals surface area contributed by atoms with E-state index < -0.39 is 23.4 Å². The van der Waals surface area contributed by atoms with E-state index in [-0.39, 0.29) is 5.41 Å². The molecule has 4 aliphatic carbocycles. The minimum Gasteiger partial charge on any atom is -0.393 e. The molecule has 0 aromatic rings. The highest BCUT2D eigenvalue weighted by molar-refractivity contribution is 5.17. The number of aliphatic hydroxyl groups excluding tert-OH is 2. The summed E-state index contributed by atoms with van der Waals surface area (Å²) in [4.78, 5) is 0. The molecule has 4 saturated carbocycles. The monoisotopic (exact) mass is 450 g/mol. The summed E-state index contributed by atoms with van der Waals surface area (Å²) in [6.45, 7) is 13.2. The fourth-order valence-electron chi connectivity index (χ4n) is 9.30. The zero-order valence-electron chi connectivity index (χ0n) is 21.5. The number of hydrogen-bond donors (Lipinski definition) is 4. The standard InChI is InChI=1S/C28H50O4/c1-17(7-8-18(2)25(3,4)31)21-9-10-22-20-15-24(30)28(32)16-19(29)11-14-27(28,6)23(20)12-13-26(21,22)5/h17-24,29-32H,7-16H2,1-6H3/t17-,18+,19+,20?,21-,22?,23?,24+,26-,27-,28-/m1/s1. The van der Waals surface area contributed by atoms with Gasteiger partial charge in [-0.15, -0.1) is 0 Å². The summed E-state index contributed by atoms with van der Waals surface area (Å²) >= 11 is 0. The van der Waals surface area contributed by atoms with Gasteiger partial charge in [-0.05, 0) is 106 Å². The van der Waals surface area contributed by atoms with E-state index in [9.17, 15) is 20.4 Å². The van der Waals surface area contributed by atoms with Crippen LogP contribution < -0.4 is 0 Å².